The highest BCUT2D eigenvalue weighted by Crippen LogP contribution is 2.43. The zero-order valence-corrected chi connectivity index (χ0v) is 14.6. The van der Waals surface area contributed by atoms with Crippen LogP contribution in [0.5, 0.6) is 0 Å². The SMILES string of the molecule is CC1=C(O)C(=O)C(c2c(Cl)cc(C)cc2Cl)OC1c1ccccn1. The molecule has 0 aliphatic carbocycles. The molecule has 6 heteroatoms. The summed E-state index contributed by atoms with van der Waals surface area (Å²) in [6.07, 6.45) is -0.107. The lowest BCUT2D eigenvalue weighted by Gasteiger charge is -2.30. The van der Waals surface area contributed by atoms with Crippen LogP contribution < -0.4 is 0 Å². The fraction of sp³-hybridized carbons (Fsp3) is 0.222. The standard InChI is InChI=1S/C18H15Cl2NO3/c1-9-7-11(19)14(12(20)8-9)18-16(23)15(22)10(2)17(24-18)13-5-3-4-6-21-13/h3-8,17-18,22H,1-2H3. The maximum absolute atomic E-state index is 12.5. The number of aliphatic hydroxyl groups is 1. The number of hydrogen-bond donors (Lipinski definition) is 1. The normalized spacial score (nSPS) is 21.2. The molecule has 2 atom stereocenters. The summed E-state index contributed by atoms with van der Waals surface area (Å²) in [6, 6.07) is 8.77. The van der Waals surface area contributed by atoms with Crippen LogP contribution in [0.15, 0.2) is 47.9 Å². The fourth-order valence-electron chi connectivity index (χ4n) is 2.73. The number of carbonyl (C=O) groups excluding carboxylic acids is 1. The number of aliphatic hydroxyl groups excluding tert-OH is 1. The third-order valence-corrected chi connectivity index (χ3v) is 4.58. The van der Waals surface area contributed by atoms with Crippen molar-refractivity contribution in [1.82, 2.24) is 4.98 Å². The van der Waals surface area contributed by atoms with Crippen molar-refractivity contribution in [2.24, 2.45) is 0 Å². The zero-order valence-electron chi connectivity index (χ0n) is 13.1. The molecule has 124 valence electrons. The van der Waals surface area contributed by atoms with Crippen LogP contribution in [-0.2, 0) is 9.53 Å². The Morgan fingerprint density at radius 2 is 1.79 bits per heavy atom. The van der Waals surface area contributed by atoms with E-state index < -0.39 is 18.0 Å². The number of aryl methyl sites for hydroxylation is 1. The molecule has 1 N–H and O–H groups in total. The molecular formula is C18H15Cl2NO3. The van der Waals surface area contributed by atoms with Gasteiger partial charge in [0.15, 0.2) is 11.9 Å². The van der Waals surface area contributed by atoms with Gasteiger partial charge in [-0.1, -0.05) is 29.3 Å². The molecule has 0 radical (unpaired) electrons. The van der Waals surface area contributed by atoms with Crippen molar-refractivity contribution >= 4 is 29.0 Å². The summed E-state index contributed by atoms with van der Waals surface area (Å²) in [5.41, 5.74) is 2.23. The summed E-state index contributed by atoms with van der Waals surface area (Å²) in [5.74, 6) is -0.901. The van der Waals surface area contributed by atoms with E-state index in [0.29, 0.717) is 26.9 Å². The molecule has 0 fully saturated rings. The molecule has 2 unspecified atom stereocenters. The minimum Gasteiger partial charge on any atom is -0.504 e. The van der Waals surface area contributed by atoms with Crippen LogP contribution in [0.4, 0.5) is 0 Å². The molecule has 24 heavy (non-hydrogen) atoms. The summed E-state index contributed by atoms with van der Waals surface area (Å²) >= 11 is 12.6. The van der Waals surface area contributed by atoms with Crippen molar-refractivity contribution in [3.63, 3.8) is 0 Å². The molecule has 2 aromatic rings. The van der Waals surface area contributed by atoms with E-state index in [-0.39, 0.29) is 5.76 Å². The highest BCUT2D eigenvalue weighted by molar-refractivity contribution is 6.36. The third kappa shape index (κ3) is 2.93. The van der Waals surface area contributed by atoms with Crippen molar-refractivity contribution in [3.05, 3.63) is 74.7 Å². The van der Waals surface area contributed by atoms with Crippen molar-refractivity contribution in [1.29, 1.82) is 0 Å². The van der Waals surface area contributed by atoms with Crippen molar-refractivity contribution in [3.8, 4) is 0 Å². The largest absolute Gasteiger partial charge is 0.504 e. The lowest BCUT2D eigenvalue weighted by molar-refractivity contribution is -0.136. The highest BCUT2D eigenvalue weighted by Gasteiger charge is 2.39. The zero-order chi connectivity index (χ0) is 17.4. The average molecular weight is 364 g/mol. The van der Waals surface area contributed by atoms with Crippen LogP contribution in [0.2, 0.25) is 10.0 Å². The van der Waals surface area contributed by atoms with Gasteiger partial charge in [-0.25, -0.2) is 0 Å². The Hall–Kier alpha value is -1.88. The molecule has 2 heterocycles. The van der Waals surface area contributed by atoms with Gasteiger partial charge < -0.3 is 9.84 Å². The van der Waals surface area contributed by atoms with Crippen molar-refractivity contribution in [2.45, 2.75) is 26.1 Å². The van der Waals surface area contributed by atoms with Crippen LogP contribution in [0, 0.1) is 6.92 Å². The Balaban J connectivity index is 2.10. The van der Waals surface area contributed by atoms with Crippen LogP contribution in [0.3, 0.4) is 0 Å². The first-order valence-electron chi connectivity index (χ1n) is 7.36. The first-order chi connectivity index (χ1) is 11.4. The van der Waals surface area contributed by atoms with Gasteiger partial charge in [-0.3, -0.25) is 9.78 Å². The molecule has 0 bridgehead atoms. The van der Waals surface area contributed by atoms with Gasteiger partial charge in [0.1, 0.15) is 6.10 Å². The smallest absolute Gasteiger partial charge is 0.230 e. The van der Waals surface area contributed by atoms with Gasteiger partial charge in [0.25, 0.3) is 0 Å². The van der Waals surface area contributed by atoms with Gasteiger partial charge in [0.2, 0.25) is 5.78 Å². The fourth-order valence-corrected chi connectivity index (χ4v) is 3.52. The summed E-state index contributed by atoms with van der Waals surface area (Å²) < 4.78 is 5.96. The lowest BCUT2D eigenvalue weighted by atomic mass is 9.94. The minimum atomic E-state index is -1.08. The minimum absolute atomic E-state index is 0.325. The average Bonchev–Trinajstić information content (AvgIpc) is 2.54. The molecule has 0 amide bonds. The summed E-state index contributed by atoms with van der Waals surface area (Å²) in [7, 11) is 0. The third-order valence-electron chi connectivity index (χ3n) is 3.95. The number of pyridine rings is 1. The van der Waals surface area contributed by atoms with Crippen LogP contribution in [-0.4, -0.2) is 15.9 Å². The molecule has 1 aliphatic rings. The van der Waals surface area contributed by atoms with E-state index in [9.17, 15) is 9.90 Å². The first kappa shape index (κ1) is 17.0. The number of halogens is 2. The molecule has 4 nitrogen and oxygen atoms in total. The molecule has 0 saturated heterocycles. The van der Waals surface area contributed by atoms with Crippen LogP contribution >= 0.6 is 23.2 Å². The monoisotopic (exact) mass is 363 g/mol. The summed E-state index contributed by atoms with van der Waals surface area (Å²) in [4.78, 5) is 16.8. The van der Waals surface area contributed by atoms with E-state index in [0.717, 1.165) is 5.56 Å². The van der Waals surface area contributed by atoms with Gasteiger partial charge in [-0.15, -0.1) is 0 Å². The predicted octanol–water partition coefficient (Wildman–Crippen LogP) is 4.91. The highest BCUT2D eigenvalue weighted by atomic mass is 35.5. The number of rotatable bonds is 2. The number of nitrogens with zero attached hydrogens (tertiary/aromatic N) is 1. The number of ether oxygens (including phenoxy) is 1. The Morgan fingerprint density at radius 3 is 2.38 bits per heavy atom. The molecule has 3 rings (SSSR count). The van der Waals surface area contributed by atoms with Crippen molar-refractivity contribution < 1.29 is 14.6 Å². The molecular weight excluding hydrogens is 349 g/mol. The number of benzene rings is 1. The second-order valence-electron chi connectivity index (χ2n) is 5.69. The second kappa shape index (κ2) is 6.55. The number of aromatic nitrogens is 1. The van der Waals surface area contributed by atoms with E-state index in [2.05, 4.69) is 4.98 Å². The molecule has 1 aliphatic heterocycles. The Labute approximate surface area is 149 Å². The summed E-state index contributed by atoms with van der Waals surface area (Å²) in [5, 5.41) is 10.9. The molecule has 1 aromatic heterocycles. The Bertz CT molecular complexity index is 810. The maximum atomic E-state index is 12.5. The lowest BCUT2D eigenvalue weighted by Crippen LogP contribution is -2.28. The van der Waals surface area contributed by atoms with E-state index in [1.54, 1.807) is 37.4 Å². The van der Waals surface area contributed by atoms with Crippen LogP contribution in [0.25, 0.3) is 0 Å². The Kier molecular flexibility index (Phi) is 4.63. The number of Topliss-reactive ketones (excluding diaryl/α,β-unsaturated/α-hetero) is 1. The van der Waals surface area contributed by atoms with Gasteiger partial charge in [0.05, 0.1) is 5.69 Å². The summed E-state index contributed by atoms with van der Waals surface area (Å²) in [6.45, 7) is 3.49. The predicted molar refractivity (Wildman–Crippen MR) is 92.3 cm³/mol. The van der Waals surface area contributed by atoms with E-state index >= 15 is 0 Å². The van der Waals surface area contributed by atoms with Crippen molar-refractivity contribution in [2.75, 3.05) is 0 Å². The van der Waals surface area contributed by atoms with Gasteiger partial charge in [0, 0.05) is 27.4 Å². The van der Waals surface area contributed by atoms with E-state index in [1.165, 1.54) is 0 Å². The number of hydrogen-bond acceptors (Lipinski definition) is 4. The maximum Gasteiger partial charge on any atom is 0.230 e. The second-order valence-corrected chi connectivity index (χ2v) is 6.50. The van der Waals surface area contributed by atoms with Gasteiger partial charge in [-0.05, 0) is 43.7 Å². The van der Waals surface area contributed by atoms with Gasteiger partial charge >= 0.3 is 0 Å². The van der Waals surface area contributed by atoms with Gasteiger partial charge in [-0.2, -0.15) is 0 Å². The van der Waals surface area contributed by atoms with E-state index in [4.69, 9.17) is 27.9 Å². The molecule has 1 aromatic carbocycles. The van der Waals surface area contributed by atoms with E-state index in [1.807, 2.05) is 13.0 Å². The number of carbonyl (C=O) groups is 1. The Morgan fingerprint density at radius 1 is 1.12 bits per heavy atom. The quantitative estimate of drug-likeness (QED) is 0.823. The number of ketones is 1. The molecule has 0 spiro atoms. The molecule has 0 saturated carbocycles. The van der Waals surface area contributed by atoms with Crippen LogP contribution in [0.1, 0.15) is 36.0 Å². The topological polar surface area (TPSA) is 59.4 Å². The first-order valence-corrected chi connectivity index (χ1v) is 8.11.